The molecule has 0 radical (unpaired) electrons. The Kier molecular flexibility index (Phi) is 5.05. The molecule has 0 spiro atoms. The van der Waals surface area contributed by atoms with Crippen LogP contribution in [-0.2, 0) is 16.2 Å². The summed E-state index contributed by atoms with van der Waals surface area (Å²) < 4.78 is 5.26. The summed E-state index contributed by atoms with van der Waals surface area (Å²) in [6.07, 6.45) is 3.36. The zero-order chi connectivity index (χ0) is 13.5. The number of aromatic nitrogens is 2. The van der Waals surface area contributed by atoms with Crippen molar-refractivity contribution in [3.05, 3.63) is 23.8 Å². The summed E-state index contributed by atoms with van der Waals surface area (Å²) in [5.41, 5.74) is 7.40. The topological polar surface area (TPSA) is 85.9 Å². The molecule has 0 aromatic carbocycles. The van der Waals surface area contributed by atoms with E-state index in [0.29, 0.717) is 12.4 Å². The lowest BCUT2D eigenvalue weighted by Crippen LogP contribution is -2.41. The van der Waals surface area contributed by atoms with Gasteiger partial charge in [0.15, 0.2) is 12.4 Å². The third-order valence-electron chi connectivity index (χ3n) is 2.72. The largest absolute Gasteiger partial charge is 0.388 e. The Hall–Kier alpha value is -1.73. The van der Waals surface area contributed by atoms with E-state index in [0.717, 1.165) is 37.7 Å². The molecular formula is C12H19N5O2. The van der Waals surface area contributed by atoms with Gasteiger partial charge in [0.2, 0.25) is 0 Å². The maximum absolute atomic E-state index is 5.80. The molecule has 1 aliphatic rings. The summed E-state index contributed by atoms with van der Waals surface area (Å²) in [7, 11) is 0. The molecule has 2 heterocycles. The number of nitrogens with two attached hydrogens (primary N) is 1. The van der Waals surface area contributed by atoms with Gasteiger partial charge in [0.05, 0.1) is 37.3 Å². The fraction of sp³-hybridized carbons (Fsp3) is 0.583. The van der Waals surface area contributed by atoms with E-state index in [1.807, 2.05) is 6.92 Å². The first-order valence-electron chi connectivity index (χ1n) is 6.26. The summed E-state index contributed by atoms with van der Waals surface area (Å²) in [5, 5.41) is 3.88. The molecule has 7 nitrogen and oxygen atoms in total. The maximum Gasteiger partial charge on any atom is 0.160 e. The highest BCUT2D eigenvalue weighted by Crippen LogP contribution is 1.98. The van der Waals surface area contributed by atoms with Gasteiger partial charge in [0, 0.05) is 19.3 Å². The monoisotopic (exact) mass is 265 g/mol. The second-order valence-corrected chi connectivity index (χ2v) is 4.39. The van der Waals surface area contributed by atoms with Gasteiger partial charge in [-0.15, -0.1) is 0 Å². The van der Waals surface area contributed by atoms with Gasteiger partial charge >= 0.3 is 0 Å². The number of aryl methyl sites for hydroxylation is 1. The van der Waals surface area contributed by atoms with E-state index in [4.69, 9.17) is 15.3 Å². The van der Waals surface area contributed by atoms with Gasteiger partial charge < -0.3 is 15.3 Å². The number of hydrogen-bond donors (Lipinski definition) is 1. The standard InChI is InChI=1S/C12H19N5O2/c1-10-6-15-11(7-14-10)9-19-16-12(13)8-17-2-4-18-5-3-17/h6-7H,2-5,8-9H2,1H3,(H2,13,16). The average molecular weight is 265 g/mol. The van der Waals surface area contributed by atoms with E-state index in [1.165, 1.54) is 0 Å². The molecule has 19 heavy (non-hydrogen) atoms. The van der Waals surface area contributed by atoms with Crippen molar-refractivity contribution in [2.45, 2.75) is 13.5 Å². The molecule has 1 fully saturated rings. The van der Waals surface area contributed by atoms with Crippen LogP contribution in [-0.4, -0.2) is 53.6 Å². The molecule has 104 valence electrons. The minimum atomic E-state index is 0.275. The molecule has 2 N–H and O–H groups in total. The lowest BCUT2D eigenvalue weighted by molar-refractivity contribution is 0.0442. The Labute approximate surface area is 112 Å². The molecule has 0 amide bonds. The molecule has 1 aliphatic heterocycles. The first-order valence-corrected chi connectivity index (χ1v) is 6.26. The summed E-state index contributed by atoms with van der Waals surface area (Å²) >= 11 is 0. The molecule has 1 aromatic heterocycles. The van der Waals surface area contributed by atoms with E-state index < -0.39 is 0 Å². The van der Waals surface area contributed by atoms with Gasteiger partial charge in [-0.1, -0.05) is 5.16 Å². The van der Waals surface area contributed by atoms with Crippen molar-refractivity contribution in [1.82, 2.24) is 14.9 Å². The van der Waals surface area contributed by atoms with Gasteiger partial charge in [-0.25, -0.2) is 0 Å². The predicted molar refractivity (Wildman–Crippen MR) is 70.4 cm³/mol. The van der Waals surface area contributed by atoms with Crippen LogP contribution in [0.2, 0.25) is 0 Å². The van der Waals surface area contributed by atoms with Crippen LogP contribution >= 0.6 is 0 Å². The first-order chi connectivity index (χ1) is 9.24. The lowest BCUT2D eigenvalue weighted by Gasteiger charge is -2.25. The molecule has 0 saturated carbocycles. The Morgan fingerprint density at radius 1 is 1.42 bits per heavy atom. The number of oxime groups is 1. The second-order valence-electron chi connectivity index (χ2n) is 4.39. The van der Waals surface area contributed by atoms with Crippen molar-refractivity contribution in [3.8, 4) is 0 Å². The quantitative estimate of drug-likeness (QED) is 0.455. The lowest BCUT2D eigenvalue weighted by atomic mass is 10.4. The fourth-order valence-electron chi connectivity index (χ4n) is 1.69. The minimum absolute atomic E-state index is 0.275. The van der Waals surface area contributed by atoms with E-state index in [-0.39, 0.29) is 6.61 Å². The van der Waals surface area contributed by atoms with Crippen molar-refractivity contribution in [2.24, 2.45) is 10.9 Å². The predicted octanol–water partition coefficient (Wildman–Crippen LogP) is -0.0940. The molecule has 1 saturated heterocycles. The highest BCUT2D eigenvalue weighted by Gasteiger charge is 2.11. The van der Waals surface area contributed by atoms with E-state index in [9.17, 15) is 0 Å². The average Bonchev–Trinajstić information content (AvgIpc) is 2.42. The van der Waals surface area contributed by atoms with Crippen molar-refractivity contribution >= 4 is 5.84 Å². The zero-order valence-electron chi connectivity index (χ0n) is 11.1. The van der Waals surface area contributed by atoms with E-state index >= 15 is 0 Å². The maximum atomic E-state index is 5.80. The number of ether oxygens (including phenoxy) is 1. The molecule has 0 atom stereocenters. The van der Waals surface area contributed by atoms with Crippen LogP contribution in [0.4, 0.5) is 0 Å². The van der Waals surface area contributed by atoms with Gasteiger partial charge in [-0.3, -0.25) is 14.9 Å². The molecule has 7 heteroatoms. The van der Waals surface area contributed by atoms with Crippen LogP contribution in [0.25, 0.3) is 0 Å². The van der Waals surface area contributed by atoms with Gasteiger partial charge in [0.1, 0.15) is 0 Å². The Morgan fingerprint density at radius 3 is 2.89 bits per heavy atom. The second kappa shape index (κ2) is 7.01. The van der Waals surface area contributed by atoms with Gasteiger partial charge in [-0.05, 0) is 6.92 Å². The molecule has 0 bridgehead atoms. The number of rotatable bonds is 5. The van der Waals surface area contributed by atoms with Crippen LogP contribution in [0.3, 0.4) is 0 Å². The Balaban J connectivity index is 1.73. The van der Waals surface area contributed by atoms with Gasteiger partial charge in [0.25, 0.3) is 0 Å². The van der Waals surface area contributed by atoms with Crippen LogP contribution in [0, 0.1) is 6.92 Å². The summed E-state index contributed by atoms with van der Waals surface area (Å²) in [5.74, 6) is 0.460. The van der Waals surface area contributed by atoms with Crippen LogP contribution in [0.5, 0.6) is 0 Å². The summed E-state index contributed by atoms with van der Waals surface area (Å²) in [6.45, 7) is 6.00. The number of hydrogen-bond acceptors (Lipinski definition) is 6. The van der Waals surface area contributed by atoms with Gasteiger partial charge in [-0.2, -0.15) is 0 Å². The van der Waals surface area contributed by atoms with E-state index in [2.05, 4.69) is 20.0 Å². The summed E-state index contributed by atoms with van der Waals surface area (Å²) in [4.78, 5) is 15.6. The molecule has 0 unspecified atom stereocenters. The normalized spacial score (nSPS) is 17.4. The van der Waals surface area contributed by atoms with E-state index in [1.54, 1.807) is 12.4 Å². The number of morpholine rings is 1. The minimum Gasteiger partial charge on any atom is -0.388 e. The van der Waals surface area contributed by atoms with Crippen LogP contribution in [0.1, 0.15) is 11.4 Å². The molecular weight excluding hydrogens is 246 g/mol. The third-order valence-corrected chi connectivity index (χ3v) is 2.72. The Morgan fingerprint density at radius 2 is 2.21 bits per heavy atom. The Bertz CT molecular complexity index is 415. The zero-order valence-corrected chi connectivity index (χ0v) is 11.1. The third kappa shape index (κ3) is 4.80. The number of amidine groups is 1. The first kappa shape index (κ1) is 13.7. The SMILES string of the molecule is Cc1cnc(CO/N=C(/N)CN2CCOCC2)cn1. The molecule has 0 aliphatic carbocycles. The fourth-order valence-corrected chi connectivity index (χ4v) is 1.69. The molecule has 2 rings (SSSR count). The highest BCUT2D eigenvalue weighted by atomic mass is 16.6. The highest BCUT2D eigenvalue weighted by molar-refractivity contribution is 5.81. The van der Waals surface area contributed by atoms with Crippen molar-refractivity contribution in [3.63, 3.8) is 0 Å². The van der Waals surface area contributed by atoms with Crippen molar-refractivity contribution in [1.29, 1.82) is 0 Å². The summed E-state index contributed by atoms with van der Waals surface area (Å²) in [6, 6.07) is 0. The smallest absolute Gasteiger partial charge is 0.160 e. The van der Waals surface area contributed by atoms with Crippen molar-refractivity contribution < 1.29 is 9.57 Å². The van der Waals surface area contributed by atoms with Crippen LogP contribution < -0.4 is 5.73 Å². The number of nitrogens with zero attached hydrogens (tertiary/aromatic N) is 4. The van der Waals surface area contributed by atoms with Crippen molar-refractivity contribution in [2.75, 3.05) is 32.8 Å². The molecule has 1 aromatic rings. The van der Waals surface area contributed by atoms with Crippen LogP contribution in [0.15, 0.2) is 17.5 Å².